The van der Waals surface area contributed by atoms with E-state index in [2.05, 4.69) is 25.7 Å². The van der Waals surface area contributed by atoms with Crippen molar-refractivity contribution in [3.8, 4) is 0 Å². The molecular formula is C17H20N2O3. The first-order valence-corrected chi connectivity index (χ1v) is 7.53. The van der Waals surface area contributed by atoms with Crippen molar-refractivity contribution >= 4 is 17.3 Å². The predicted octanol–water partition coefficient (Wildman–Crippen LogP) is 3.92. The molecule has 1 N–H and O–H groups in total. The molecule has 2 aliphatic rings. The van der Waals surface area contributed by atoms with Crippen molar-refractivity contribution < 1.29 is 9.72 Å². The van der Waals surface area contributed by atoms with Gasteiger partial charge in [-0.15, -0.1) is 0 Å². The number of rotatable bonds is 3. The molecule has 2 saturated carbocycles. The van der Waals surface area contributed by atoms with Crippen LogP contribution < -0.4 is 5.32 Å². The Balaban J connectivity index is 1.85. The second-order valence-electron chi connectivity index (χ2n) is 6.98. The summed E-state index contributed by atoms with van der Waals surface area (Å²) in [6.45, 7) is 8.51. The Morgan fingerprint density at radius 1 is 1.45 bits per heavy atom. The third kappa shape index (κ3) is 1.95. The van der Waals surface area contributed by atoms with Gasteiger partial charge in [-0.1, -0.05) is 32.1 Å². The summed E-state index contributed by atoms with van der Waals surface area (Å²) in [5.41, 5.74) is 0.913. The van der Waals surface area contributed by atoms with Gasteiger partial charge in [0.15, 0.2) is 0 Å². The van der Waals surface area contributed by atoms with Crippen LogP contribution in [0.1, 0.15) is 33.1 Å². The molecule has 1 aromatic rings. The van der Waals surface area contributed by atoms with Gasteiger partial charge >= 0.3 is 0 Å². The van der Waals surface area contributed by atoms with Crippen LogP contribution in [0.25, 0.3) is 0 Å². The highest BCUT2D eigenvalue weighted by Crippen LogP contribution is 2.65. The van der Waals surface area contributed by atoms with E-state index in [9.17, 15) is 14.9 Å². The molecule has 116 valence electrons. The summed E-state index contributed by atoms with van der Waals surface area (Å²) in [6, 6.07) is 6.06. The molecule has 0 aromatic heterocycles. The lowest BCUT2D eigenvalue weighted by molar-refractivity contribution is -0.384. The van der Waals surface area contributed by atoms with Gasteiger partial charge in [-0.25, -0.2) is 0 Å². The molecule has 1 amide bonds. The molecule has 5 nitrogen and oxygen atoms in total. The maximum absolute atomic E-state index is 12.8. The first-order valence-electron chi connectivity index (χ1n) is 7.53. The highest BCUT2D eigenvalue weighted by atomic mass is 16.6. The van der Waals surface area contributed by atoms with Crippen molar-refractivity contribution in [1.29, 1.82) is 0 Å². The summed E-state index contributed by atoms with van der Waals surface area (Å²) < 4.78 is 0. The summed E-state index contributed by atoms with van der Waals surface area (Å²) in [6.07, 6.45) is 2.69. The van der Waals surface area contributed by atoms with Crippen molar-refractivity contribution in [1.82, 2.24) is 0 Å². The quantitative estimate of drug-likeness (QED) is 0.522. The van der Waals surface area contributed by atoms with Crippen LogP contribution in [0.2, 0.25) is 0 Å². The lowest BCUT2D eigenvalue weighted by Gasteiger charge is -2.37. The molecule has 5 heteroatoms. The fourth-order valence-corrected chi connectivity index (χ4v) is 4.09. The van der Waals surface area contributed by atoms with Gasteiger partial charge in [0.05, 0.1) is 10.3 Å². The van der Waals surface area contributed by atoms with Crippen molar-refractivity contribution in [3.05, 3.63) is 46.5 Å². The molecule has 22 heavy (non-hydrogen) atoms. The Kier molecular flexibility index (Phi) is 3.13. The fraction of sp³-hybridized carbons (Fsp3) is 0.471. The summed E-state index contributed by atoms with van der Waals surface area (Å²) >= 11 is 0. The number of amides is 1. The molecule has 2 aliphatic carbocycles. The van der Waals surface area contributed by atoms with Crippen molar-refractivity contribution in [2.24, 2.45) is 16.7 Å². The van der Waals surface area contributed by atoms with E-state index in [1.54, 1.807) is 12.1 Å². The molecule has 1 aromatic carbocycles. The number of carbonyl (C=O) groups excluding carboxylic acids is 1. The summed E-state index contributed by atoms with van der Waals surface area (Å²) in [4.78, 5) is 23.2. The fourth-order valence-electron chi connectivity index (χ4n) is 4.09. The SMILES string of the molecule is C=C1C(C)(C)[C@H]2CC[C@@]1(C(=O)Nc1cccc([N+](=O)[O-])c1)C2. The van der Waals surface area contributed by atoms with Crippen LogP contribution in [-0.4, -0.2) is 10.8 Å². The Morgan fingerprint density at radius 2 is 2.18 bits per heavy atom. The third-order valence-corrected chi connectivity index (χ3v) is 5.64. The number of anilines is 1. The van der Waals surface area contributed by atoms with Gasteiger partial charge in [0.25, 0.3) is 5.69 Å². The number of hydrogen-bond donors (Lipinski definition) is 1. The Bertz CT molecular complexity index is 680. The van der Waals surface area contributed by atoms with E-state index in [1.807, 2.05) is 0 Å². The zero-order valence-electron chi connectivity index (χ0n) is 12.9. The zero-order valence-corrected chi connectivity index (χ0v) is 12.9. The van der Waals surface area contributed by atoms with Gasteiger partial charge < -0.3 is 5.32 Å². The second kappa shape index (κ2) is 4.66. The zero-order chi connectivity index (χ0) is 16.1. The van der Waals surface area contributed by atoms with Gasteiger partial charge in [-0.2, -0.15) is 0 Å². The minimum absolute atomic E-state index is 0.0156. The number of nitrogens with one attached hydrogen (secondary N) is 1. The number of non-ortho nitro benzene ring substituents is 1. The van der Waals surface area contributed by atoms with Crippen LogP contribution in [0.15, 0.2) is 36.4 Å². The van der Waals surface area contributed by atoms with Crippen LogP contribution in [0.4, 0.5) is 11.4 Å². The lowest BCUT2D eigenvalue weighted by Crippen LogP contribution is -2.37. The van der Waals surface area contributed by atoms with Crippen LogP contribution in [0, 0.1) is 26.9 Å². The smallest absolute Gasteiger partial charge is 0.271 e. The predicted molar refractivity (Wildman–Crippen MR) is 84.4 cm³/mol. The number of carbonyl (C=O) groups is 1. The first-order chi connectivity index (χ1) is 10.3. The average molecular weight is 300 g/mol. The van der Waals surface area contributed by atoms with Crippen LogP contribution in [-0.2, 0) is 4.79 Å². The molecule has 3 rings (SSSR count). The molecule has 0 radical (unpaired) electrons. The van der Waals surface area contributed by atoms with Crippen molar-refractivity contribution in [2.45, 2.75) is 33.1 Å². The van der Waals surface area contributed by atoms with E-state index in [4.69, 9.17) is 0 Å². The number of fused-ring (bicyclic) bond motifs is 2. The maximum Gasteiger partial charge on any atom is 0.271 e. The van der Waals surface area contributed by atoms with Gasteiger partial charge in [-0.05, 0) is 36.7 Å². The van der Waals surface area contributed by atoms with Crippen LogP contribution in [0.5, 0.6) is 0 Å². The Morgan fingerprint density at radius 3 is 2.77 bits per heavy atom. The monoisotopic (exact) mass is 300 g/mol. The number of hydrogen-bond acceptors (Lipinski definition) is 3. The highest BCUT2D eigenvalue weighted by Gasteiger charge is 2.60. The van der Waals surface area contributed by atoms with E-state index in [0.29, 0.717) is 11.6 Å². The number of nitro groups is 1. The van der Waals surface area contributed by atoms with E-state index >= 15 is 0 Å². The number of benzene rings is 1. The van der Waals surface area contributed by atoms with Crippen LogP contribution >= 0.6 is 0 Å². The van der Waals surface area contributed by atoms with E-state index in [-0.39, 0.29) is 17.0 Å². The number of nitrogens with zero attached hydrogens (tertiary/aromatic N) is 1. The Labute approximate surface area is 129 Å². The van der Waals surface area contributed by atoms with Gasteiger partial charge in [-0.3, -0.25) is 14.9 Å². The molecule has 2 fully saturated rings. The largest absolute Gasteiger partial charge is 0.325 e. The number of nitro benzene ring substituents is 1. The van der Waals surface area contributed by atoms with Gasteiger partial charge in [0.1, 0.15) is 0 Å². The topological polar surface area (TPSA) is 72.2 Å². The molecule has 0 aliphatic heterocycles. The third-order valence-electron chi connectivity index (χ3n) is 5.64. The van der Waals surface area contributed by atoms with E-state index in [1.165, 1.54) is 12.1 Å². The van der Waals surface area contributed by atoms with Gasteiger partial charge in [0.2, 0.25) is 5.91 Å². The molecule has 0 saturated heterocycles. The first kappa shape index (κ1) is 14.8. The molecule has 0 heterocycles. The van der Waals surface area contributed by atoms with Gasteiger partial charge in [0, 0.05) is 17.8 Å². The van der Waals surface area contributed by atoms with Crippen LogP contribution in [0.3, 0.4) is 0 Å². The maximum atomic E-state index is 12.8. The molecule has 2 bridgehead atoms. The van der Waals surface area contributed by atoms with E-state index < -0.39 is 10.3 Å². The van der Waals surface area contributed by atoms with Crippen molar-refractivity contribution in [3.63, 3.8) is 0 Å². The lowest BCUT2D eigenvalue weighted by atomic mass is 9.68. The van der Waals surface area contributed by atoms with Crippen molar-refractivity contribution in [2.75, 3.05) is 5.32 Å². The normalized spacial score (nSPS) is 28.6. The molecular weight excluding hydrogens is 280 g/mol. The summed E-state index contributed by atoms with van der Waals surface area (Å²) in [5.74, 6) is 0.418. The summed E-state index contributed by atoms with van der Waals surface area (Å²) in [5, 5.41) is 13.7. The Hall–Kier alpha value is -2.17. The minimum Gasteiger partial charge on any atom is -0.325 e. The second-order valence-corrected chi connectivity index (χ2v) is 6.98. The molecule has 0 unspecified atom stereocenters. The standard InChI is InChI=1S/C17H20N2O3/c1-11-16(2,3)12-7-8-17(11,10-12)15(20)18-13-5-4-6-14(9-13)19(21)22/h4-6,9,12H,1,7-8,10H2,2-3H3,(H,18,20)/t12-,17+/m0/s1. The average Bonchev–Trinajstić information content (AvgIpc) is 2.99. The van der Waals surface area contributed by atoms with E-state index in [0.717, 1.165) is 24.8 Å². The minimum atomic E-state index is -0.515. The highest BCUT2D eigenvalue weighted by molar-refractivity contribution is 5.98. The summed E-state index contributed by atoms with van der Waals surface area (Å²) in [7, 11) is 0. The molecule has 2 atom stereocenters. The molecule has 0 spiro atoms.